The Hall–Kier alpha value is -3.14. The largest absolute Gasteiger partial charge is 0.478 e. The van der Waals surface area contributed by atoms with Gasteiger partial charge in [-0.25, -0.2) is 4.79 Å². The lowest BCUT2D eigenvalue weighted by molar-refractivity contribution is 0.0698. The number of nitrogens with one attached hydrogen (secondary N) is 1. The minimum absolute atomic E-state index is 0.237. The normalized spacial score (nSPS) is 10.3. The Labute approximate surface area is 134 Å². The molecule has 0 radical (unpaired) electrons. The molecule has 3 aromatic rings. The van der Waals surface area contributed by atoms with Gasteiger partial charge in [-0.15, -0.1) is 0 Å². The van der Waals surface area contributed by atoms with Crippen LogP contribution in [0.15, 0.2) is 73.1 Å². The van der Waals surface area contributed by atoms with E-state index in [1.807, 2.05) is 30.5 Å². The van der Waals surface area contributed by atoms with Crippen LogP contribution in [0, 0.1) is 0 Å². The van der Waals surface area contributed by atoms with Gasteiger partial charge in [0, 0.05) is 6.20 Å². The van der Waals surface area contributed by atoms with Gasteiger partial charge in [-0.1, -0.05) is 42.5 Å². The molecule has 0 spiro atoms. The van der Waals surface area contributed by atoms with Crippen LogP contribution >= 0.6 is 0 Å². The van der Waals surface area contributed by atoms with E-state index in [2.05, 4.69) is 22.4 Å². The number of aromatic nitrogens is 1. The molecule has 3 rings (SSSR count). The number of benzene rings is 2. The third kappa shape index (κ3) is 3.74. The van der Waals surface area contributed by atoms with Crippen molar-refractivity contribution in [2.75, 3.05) is 5.32 Å². The topological polar surface area (TPSA) is 62.2 Å². The number of nitrogens with zero attached hydrogens (tertiary/aromatic N) is 1. The molecule has 0 aliphatic rings. The van der Waals surface area contributed by atoms with Gasteiger partial charge in [-0.2, -0.15) is 0 Å². The lowest BCUT2D eigenvalue weighted by Crippen LogP contribution is -2.03. The van der Waals surface area contributed by atoms with Crippen molar-refractivity contribution < 1.29 is 9.90 Å². The molecule has 114 valence electrons. The van der Waals surface area contributed by atoms with E-state index in [9.17, 15) is 9.90 Å². The molecule has 1 aromatic heterocycles. The monoisotopic (exact) mass is 304 g/mol. The number of carbonyl (C=O) groups is 1. The molecule has 2 aromatic carbocycles. The van der Waals surface area contributed by atoms with Crippen molar-refractivity contribution in [3.63, 3.8) is 0 Å². The van der Waals surface area contributed by atoms with E-state index in [-0.39, 0.29) is 5.56 Å². The van der Waals surface area contributed by atoms with E-state index in [1.165, 1.54) is 5.56 Å². The van der Waals surface area contributed by atoms with Gasteiger partial charge in [0.05, 0.1) is 23.1 Å². The summed E-state index contributed by atoms with van der Waals surface area (Å²) in [6, 6.07) is 19.0. The van der Waals surface area contributed by atoms with Crippen LogP contribution in [-0.4, -0.2) is 16.1 Å². The molecule has 0 saturated carbocycles. The fourth-order valence-corrected chi connectivity index (χ4v) is 2.42. The van der Waals surface area contributed by atoms with Crippen molar-refractivity contribution in [3.8, 4) is 0 Å². The van der Waals surface area contributed by atoms with Gasteiger partial charge in [-0.3, -0.25) is 4.98 Å². The number of hydrogen-bond donors (Lipinski definition) is 2. The molecule has 2 N–H and O–H groups in total. The summed E-state index contributed by atoms with van der Waals surface area (Å²) in [5.41, 5.74) is 3.83. The van der Waals surface area contributed by atoms with Crippen molar-refractivity contribution >= 4 is 17.3 Å². The van der Waals surface area contributed by atoms with Crippen molar-refractivity contribution in [3.05, 3.63) is 89.7 Å². The first-order chi connectivity index (χ1) is 11.2. The van der Waals surface area contributed by atoms with Gasteiger partial charge >= 0.3 is 5.97 Å². The zero-order valence-electron chi connectivity index (χ0n) is 12.4. The van der Waals surface area contributed by atoms with E-state index >= 15 is 0 Å². The number of pyridine rings is 1. The summed E-state index contributed by atoms with van der Waals surface area (Å²) in [4.78, 5) is 15.5. The second kappa shape index (κ2) is 6.75. The Morgan fingerprint density at radius 1 is 0.957 bits per heavy atom. The fraction of sp³-hybridized carbons (Fsp3) is 0.0526. The van der Waals surface area contributed by atoms with Crippen molar-refractivity contribution in [2.45, 2.75) is 6.42 Å². The lowest BCUT2D eigenvalue weighted by atomic mass is 10.1. The number of para-hydroxylation sites is 1. The quantitative estimate of drug-likeness (QED) is 0.744. The minimum atomic E-state index is -0.957. The van der Waals surface area contributed by atoms with Gasteiger partial charge in [-0.05, 0) is 35.7 Å². The van der Waals surface area contributed by atoms with Crippen LogP contribution in [0.5, 0.6) is 0 Å². The van der Waals surface area contributed by atoms with Gasteiger partial charge in [0.2, 0.25) is 0 Å². The van der Waals surface area contributed by atoms with Crippen LogP contribution in [0.25, 0.3) is 0 Å². The SMILES string of the molecule is O=C(O)c1ccccc1Nc1cncc(Cc2ccccc2)c1. The first-order valence-electron chi connectivity index (χ1n) is 7.29. The second-order valence-electron chi connectivity index (χ2n) is 5.22. The van der Waals surface area contributed by atoms with Crippen LogP contribution in [0.3, 0.4) is 0 Å². The number of carboxylic acids is 1. The third-order valence-electron chi connectivity index (χ3n) is 3.48. The molecule has 1 heterocycles. The number of hydrogen-bond acceptors (Lipinski definition) is 3. The third-order valence-corrected chi connectivity index (χ3v) is 3.48. The van der Waals surface area contributed by atoms with Crippen LogP contribution in [0.1, 0.15) is 21.5 Å². The second-order valence-corrected chi connectivity index (χ2v) is 5.22. The molecule has 0 aliphatic carbocycles. The van der Waals surface area contributed by atoms with Crippen molar-refractivity contribution in [1.82, 2.24) is 4.98 Å². The Balaban J connectivity index is 1.82. The number of anilines is 2. The van der Waals surface area contributed by atoms with E-state index in [0.29, 0.717) is 5.69 Å². The highest BCUT2D eigenvalue weighted by molar-refractivity contribution is 5.95. The summed E-state index contributed by atoms with van der Waals surface area (Å²) in [5.74, 6) is -0.957. The molecule has 0 bridgehead atoms. The molecule has 4 heteroatoms. The van der Waals surface area contributed by atoms with Gasteiger partial charge in [0.15, 0.2) is 0 Å². The summed E-state index contributed by atoms with van der Waals surface area (Å²) in [7, 11) is 0. The average Bonchev–Trinajstić information content (AvgIpc) is 2.56. The number of aromatic carboxylic acids is 1. The lowest BCUT2D eigenvalue weighted by Gasteiger charge is -2.10. The maximum Gasteiger partial charge on any atom is 0.337 e. The maximum atomic E-state index is 11.3. The number of rotatable bonds is 5. The molecular formula is C19H16N2O2. The highest BCUT2D eigenvalue weighted by Crippen LogP contribution is 2.21. The Morgan fingerprint density at radius 3 is 2.48 bits per heavy atom. The van der Waals surface area contributed by atoms with Crippen molar-refractivity contribution in [1.29, 1.82) is 0 Å². The van der Waals surface area contributed by atoms with E-state index < -0.39 is 5.97 Å². The summed E-state index contributed by atoms with van der Waals surface area (Å²) in [6.45, 7) is 0. The predicted octanol–water partition coefficient (Wildman–Crippen LogP) is 4.11. The summed E-state index contributed by atoms with van der Waals surface area (Å²) in [5, 5.41) is 12.4. The highest BCUT2D eigenvalue weighted by Gasteiger charge is 2.09. The van der Waals surface area contributed by atoms with Crippen LogP contribution in [-0.2, 0) is 6.42 Å². The molecule has 0 aliphatic heterocycles. The van der Waals surface area contributed by atoms with Crippen LogP contribution in [0.4, 0.5) is 11.4 Å². The van der Waals surface area contributed by atoms with Gasteiger partial charge in [0.25, 0.3) is 0 Å². The Kier molecular flexibility index (Phi) is 4.34. The Bertz CT molecular complexity index is 816. The zero-order valence-corrected chi connectivity index (χ0v) is 12.4. The molecule has 0 unspecified atom stereocenters. The summed E-state index contributed by atoms with van der Waals surface area (Å²) < 4.78 is 0. The molecule has 0 atom stereocenters. The van der Waals surface area contributed by atoms with Crippen LogP contribution < -0.4 is 5.32 Å². The molecule has 4 nitrogen and oxygen atoms in total. The van der Waals surface area contributed by atoms with E-state index in [0.717, 1.165) is 17.7 Å². The number of carboxylic acid groups (broad SMARTS) is 1. The smallest absolute Gasteiger partial charge is 0.337 e. The first-order valence-corrected chi connectivity index (χ1v) is 7.29. The molecule has 0 fully saturated rings. The standard InChI is InChI=1S/C19H16N2O2/c22-19(23)17-8-4-5-9-18(17)21-16-11-15(12-20-13-16)10-14-6-2-1-3-7-14/h1-9,11-13,21H,10H2,(H,22,23). The molecule has 0 saturated heterocycles. The van der Waals surface area contributed by atoms with E-state index in [4.69, 9.17) is 0 Å². The molecular weight excluding hydrogens is 288 g/mol. The van der Waals surface area contributed by atoms with Gasteiger partial charge in [0.1, 0.15) is 0 Å². The summed E-state index contributed by atoms with van der Waals surface area (Å²) in [6.07, 6.45) is 4.29. The predicted molar refractivity (Wildman–Crippen MR) is 90.2 cm³/mol. The summed E-state index contributed by atoms with van der Waals surface area (Å²) >= 11 is 0. The minimum Gasteiger partial charge on any atom is -0.478 e. The maximum absolute atomic E-state index is 11.3. The Morgan fingerprint density at radius 2 is 1.70 bits per heavy atom. The van der Waals surface area contributed by atoms with Crippen molar-refractivity contribution in [2.24, 2.45) is 0 Å². The van der Waals surface area contributed by atoms with Crippen LogP contribution in [0.2, 0.25) is 0 Å². The van der Waals surface area contributed by atoms with Gasteiger partial charge < -0.3 is 10.4 Å². The molecule has 23 heavy (non-hydrogen) atoms. The highest BCUT2D eigenvalue weighted by atomic mass is 16.4. The molecule has 0 amide bonds. The fourth-order valence-electron chi connectivity index (χ4n) is 2.42. The zero-order chi connectivity index (χ0) is 16.1. The average molecular weight is 304 g/mol. The van der Waals surface area contributed by atoms with E-state index in [1.54, 1.807) is 30.5 Å². The first kappa shape index (κ1) is 14.8.